The summed E-state index contributed by atoms with van der Waals surface area (Å²) >= 11 is 6.54. The summed E-state index contributed by atoms with van der Waals surface area (Å²) in [5, 5.41) is 16.8. The zero-order valence-electron chi connectivity index (χ0n) is 13.8. The highest BCUT2D eigenvalue weighted by Gasteiger charge is 2.13. The van der Waals surface area contributed by atoms with Crippen LogP contribution in [0.3, 0.4) is 0 Å². The number of benzene rings is 1. The lowest BCUT2D eigenvalue weighted by molar-refractivity contribution is 0.0981. The lowest BCUT2D eigenvalue weighted by Gasteiger charge is -2.12. The van der Waals surface area contributed by atoms with Crippen LogP contribution in [0, 0.1) is 0 Å². The van der Waals surface area contributed by atoms with Gasteiger partial charge in [-0.15, -0.1) is 11.3 Å². The maximum Gasteiger partial charge on any atom is 0.267 e. The molecule has 3 aromatic rings. The zero-order chi connectivity index (χ0) is 18.5. The van der Waals surface area contributed by atoms with Crippen LogP contribution in [-0.4, -0.2) is 23.2 Å². The van der Waals surface area contributed by atoms with Crippen molar-refractivity contribution in [2.75, 3.05) is 12.4 Å². The number of aliphatic hydroxyl groups is 1. The molecule has 0 saturated heterocycles. The first-order valence-corrected chi connectivity index (χ1v) is 8.93. The van der Waals surface area contributed by atoms with Crippen LogP contribution in [0.25, 0.3) is 11.3 Å². The van der Waals surface area contributed by atoms with Crippen molar-refractivity contribution in [3.8, 4) is 17.1 Å². The average molecular weight is 388 g/mol. The Bertz CT molecular complexity index is 919. The van der Waals surface area contributed by atoms with E-state index in [4.69, 9.17) is 26.5 Å². The smallest absolute Gasteiger partial charge is 0.267 e. The molecule has 0 bridgehead atoms. The van der Waals surface area contributed by atoms with Gasteiger partial charge in [-0.2, -0.15) is 0 Å². The molecule has 0 fully saturated rings. The van der Waals surface area contributed by atoms with Gasteiger partial charge in [0.1, 0.15) is 23.9 Å². The highest BCUT2D eigenvalue weighted by Crippen LogP contribution is 2.33. The minimum Gasteiger partial charge on any atom is -0.496 e. The van der Waals surface area contributed by atoms with Gasteiger partial charge in [-0.1, -0.05) is 6.07 Å². The van der Waals surface area contributed by atoms with E-state index in [-0.39, 0.29) is 17.6 Å². The van der Waals surface area contributed by atoms with Gasteiger partial charge >= 0.3 is 0 Å². The number of furan rings is 1. The van der Waals surface area contributed by atoms with Gasteiger partial charge in [0.25, 0.3) is 5.91 Å². The second kappa shape index (κ2) is 8.13. The van der Waals surface area contributed by atoms with Crippen molar-refractivity contribution in [2.24, 2.45) is 0 Å². The fourth-order valence-electron chi connectivity index (χ4n) is 2.32. The molecule has 26 heavy (non-hydrogen) atoms. The van der Waals surface area contributed by atoms with Gasteiger partial charge in [0.2, 0.25) is 0 Å². The molecule has 134 valence electrons. The predicted octanol–water partition coefficient (Wildman–Crippen LogP) is 3.64. The summed E-state index contributed by atoms with van der Waals surface area (Å²) in [6, 6.07) is 12.3. The van der Waals surface area contributed by atoms with E-state index < -0.39 is 0 Å². The van der Waals surface area contributed by atoms with Crippen molar-refractivity contribution >= 4 is 40.3 Å². The molecule has 0 spiro atoms. The summed E-state index contributed by atoms with van der Waals surface area (Å²) in [5.74, 6) is 1.37. The Morgan fingerprint density at radius 3 is 2.81 bits per heavy atom. The van der Waals surface area contributed by atoms with Crippen LogP contribution < -0.4 is 15.4 Å². The van der Waals surface area contributed by atoms with Crippen LogP contribution in [0.5, 0.6) is 5.75 Å². The van der Waals surface area contributed by atoms with Crippen molar-refractivity contribution in [3.05, 3.63) is 58.5 Å². The molecular formula is C18H16N2O4S2. The first-order chi connectivity index (χ1) is 12.6. The second-order valence-corrected chi connectivity index (χ2v) is 6.58. The third kappa shape index (κ3) is 4.10. The average Bonchev–Trinajstić information content (AvgIpc) is 3.33. The maximum atomic E-state index is 12.0. The van der Waals surface area contributed by atoms with E-state index >= 15 is 0 Å². The maximum absolute atomic E-state index is 12.0. The van der Waals surface area contributed by atoms with Gasteiger partial charge in [-0.25, -0.2) is 0 Å². The molecule has 8 heteroatoms. The van der Waals surface area contributed by atoms with Crippen LogP contribution in [0.4, 0.5) is 5.69 Å². The van der Waals surface area contributed by atoms with Crippen LogP contribution in [0.1, 0.15) is 15.4 Å². The number of hydrogen-bond acceptors (Lipinski definition) is 6. The highest BCUT2D eigenvalue weighted by atomic mass is 32.1. The summed E-state index contributed by atoms with van der Waals surface area (Å²) in [4.78, 5) is 12.6. The number of hydrogen-bond donors (Lipinski definition) is 3. The van der Waals surface area contributed by atoms with E-state index in [2.05, 4.69) is 10.6 Å². The van der Waals surface area contributed by atoms with Gasteiger partial charge in [-0.05, 0) is 54.0 Å². The number of thiophene rings is 1. The summed E-state index contributed by atoms with van der Waals surface area (Å²) in [5.41, 5.74) is 1.36. The molecule has 6 nitrogen and oxygen atoms in total. The molecule has 1 amide bonds. The molecule has 0 aliphatic rings. The quantitative estimate of drug-likeness (QED) is 0.579. The first kappa shape index (κ1) is 18.1. The van der Waals surface area contributed by atoms with Crippen molar-refractivity contribution in [1.82, 2.24) is 5.32 Å². The van der Waals surface area contributed by atoms with Gasteiger partial charge in [0.05, 0.1) is 17.6 Å². The molecule has 3 N–H and O–H groups in total. The molecule has 0 atom stereocenters. The molecule has 2 heterocycles. The Balaban J connectivity index is 1.77. The van der Waals surface area contributed by atoms with E-state index in [0.29, 0.717) is 33.4 Å². The van der Waals surface area contributed by atoms with Crippen LogP contribution in [0.15, 0.2) is 52.3 Å². The SMILES string of the molecule is COc1ccc(NC(=S)NC(=O)c2cccs2)cc1-c1ccc(CO)o1. The first-order valence-electron chi connectivity index (χ1n) is 7.64. The van der Waals surface area contributed by atoms with Gasteiger partial charge in [0.15, 0.2) is 5.11 Å². The molecule has 0 radical (unpaired) electrons. The van der Waals surface area contributed by atoms with Crippen molar-refractivity contribution < 1.29 is 19.1 Å². The van der Waals surface area contributed by atoms with Crippen LogP contribution in [0.2, 0.25) is 0 Å². The minimum atomic E-state index is -0.259. The third-order valence-corrected chi connectivity index (χ3v) is 4.59. The second-order valence-electron chi connectivity index (χ2n) is 5.22. The number of rotatable bonds is 5. The van der Waals surface area contributed by atoms with Gasteiger partial charge in [0, 0.05) is 5.69 Å². The molecule has 0 saturated carbocycles. The number of ether oxygens (including phenoxy) is 1. The Morgan fingerprint density at radius 1 is 1.31 bits per heavy atom. The minimum absolute atomic E-state index is 0.181. The van der Waals surface area contributed by atoms with Gasteiger partial charge in [-0.3, -0.25) is 10.1 Å². The molecule has 3 rings (SSSR count). The van der Waals surface area contributed by atoms with Crippen molar-refractivity contribution in [2.45, 2.75) is 6.61 Å². The lowest BCUT2D eigenvalue weighted by atomic mass is 10.1. The summed E-state index contributed by atoms with van der Waals surface area (Å²) in [6.07, 6.45) is 0. The molecule has 2 aromatic heterocycles. The summed E-state index contributed by atoms with van der Waals surface area (Å²) in [7, 11) is 1.56. The normalized spacial score (nSPS) is 10.4. The number of carbonyl (C=O) groups excluding carboxylic acids is 1. The number of nitrogens with one attached hydrogen (secondary N) is 2. The van der Waals surface area contributed by atoms with E-state index in [0.717, 1.165) is 0 Å². The van der Waals surface area contributed by atoms with E-state index in [1.54, 1.807) is 49.6 Å². The number of carbonyl (C=O) groups is 1. The highest BCUT2D eigenvalue weighted by molar-refractivity contribution is 7.80. The largest absolute Gasteiger partial charge is 0.496 e. The number of amides is 1. The Hall–Kier alpha value is -2.68. The van der Waals surface area contributed by atoms with Crippen molar-refractivity contribution in [1.29, 1.82) is 0 Å². The molecular weight excluding hydrogens is 372 g/mol. The standard InChI is InChI=1S/C18H16N2O4S2/c1-23-14-6-4-11(9-13(14)15-7-5-12(10-21)24-15)19-18(25)20-17(22)16-3-2-8-26-16/h2-9,21H,10H2,1H3,(H2,19,20,22,25). The molecule has 0 aliphatic heterocycles. The number of methoxy groups -OCH3 is 1. The lowest BCUT2D eigenvalue weighted by Crippen LogP contribution is -2.33. The monoisotopic (exact) mass is 388 g/mol. The van der Waals surface area contributed by atoms with E-state index in [1.165, 1.54) is 11.3 Å². The molecule has 1 aromatic carbocycles. The number of thiocarbonyl (C=S) groups is 1. The number of aliphatic hydroxyl groups excluding tert-OH is 1. The third-order valence-electron chi connectivity index (χ3n) is 3.51. The predicted molar refractivity (Wildman–Crippen MR) is 105 cm³/mol. The Labute approximate surface area is 159 Å². The Morgan fingerprint density at radius 2 is 2.15 bits per heavy atom. The van der Waals surface area contributed by atoms with Crippen LogP contribution in [-0.2, 0) is 6.61 Å². The fraction of sp³-hybridized carbons (Fsp3) is 0.111. The fourth-order valence-corrected chi connectivity index (χ4v) is 3.15. The van der Waals surface area contributed by atoms with Crippen LogP contribution >= 0.6 is 23.6 Å². The van der Waals surface area contributed by atoms with E-state index in [1.807, 2.05) is 5.38 Å². The molecule has 0 aliphatic carbocycles. The summed E-state index contributed by atoms with van der Waals surface area (Å²) < 4.78 is 10.9. The zero-order valence-corrected chi connectivity index (χ0v) is 15.4. The van der Waals surface area contributed by atoms with Gasteiger partial charge < -0.3 is 19.6 Å². The van der Waals surface area contributed by atoms with E-state index in [9.17, 15) is 4.79 Å². The number of anilines is 1. The summed E-state index contributed by atoms with van der Waals surface area (Å²) in [6.45, 7) is -0.181. The topological polar surface area (TPSA) is 83.7 Å². The Kier molecular flexibility index (Phi) is 5.67. The van der Waals surface area contributed by atoms with Crippen molar-refractivity contribution in [3.63, 3.8) is 0 Å². The molecule has 0 unspecified atom stereocenters.